The van der Waals surface area contributed by atoms with E-state index < -0.39 is 23.4 Å². The van der Waals surface area contributed by atoms with Gasteiger partial charge in [-0.1, -0.05) is 91.9 Å². The maximum atomic E-state index is 13.7. The second-order valence-corrected chi connectivity index (χ2v) is 8.19. The molecule has 1 atom stereocenters. The molecule has 0 radical (unpaired) electrons. The number of amides is 4. The Balaban J connectivity index is 1.56. The van der Waals surface area contributed by atoms with Gasteiger partial charge in [-0.2, -0.15) is 0 Å². The zero-order valence-corrected chi connectivity index (χ0v) is 18.7. The lowest BCUT2D eigenvalue weighted by atomic mass is 9.82. The molecule has 1 heterocycles. The highest BCUT2D eigenvalue weighted by atomic mass is 16.2. The molecule has 3 aromatic carbocycles. The standard InChI is InChI=1S/C27H27N3O3/c1-3-20-14-16-21(17-15-20)19(2)28-24(31)18-30-25(32)27(29-26(30)33,22-10-6-4-7-11-22)23-12-8-5-9-13-23/h4-17,19H,3,18H2,1-2H3,(H,28,31)(H,29,33). The van der Waals surface area contributed by atoms with Crippen molar-refractivity contribution in [2.45, 2.75) is 31.8 Å². The molecule has 1 aliphatic rings. The smallest absolute Gasteiger partial charge is 0.326 e. The van der Waals surface area contributed by atoms with Gasteiger partial charge in [-0.3, -0.25) is 14.5 Å². The molecule has 3 aromatic rings. The van der Waals surface area contributed by atoms with Gasteiger partial charge in [0.1, 0.15) is 6.54 Å². The third kappa shape index (κ3) is 4.24. The molecule has 0 spiro atoms. The van der Waals surface area contributed by atoms with E-state index in [1.54, 1.807) is 24.3 Å². The molecule has 4 amide bonds. The van der Waals surface area contributed by atoms with Gasteiger partial charge in [0.05, 0.1) is 6.04 Å². The molecule has 0 saturated carbocycles. The van der Waals surface area contributed by atoms with Crippen molar-refractivity contribution >= 4 is 17.8 Å². The first-order valence-electron chi connectivity index (χ1n) is 11.1. The summed E-state index contributed by atoms with van der Waals surface area (Å²) in [6, 6.07) is 25.4. The first-order chi connectivity index (χ1) is 16.0. The highest BCUT2D eigenvalue weighted by Crippen LogP contribution is 2.35. The zero-order chi connectivity index (χ0) is 23.4. The van der Waals surface area contributed by atoms with Crippen LogP contribution in [0.25, 0.3) is 0 Å². The summed E-state index contributed by atoms with van der Waals surface area (Å²) in [6.45, 7) is 3.61. The molecule has 1 saturated heterocycles. The Morgan fingerprint density at radius 1 is 0.909 bits per heavy atom. The number of hydrogen-bond donors (Lipinski definition) is 2. The van der Waals surface area contributed by atoms with E-state index in [-0.39, 0.29) is 12.6 Å². The lowest BCUT2D eigenvalue weighted by Crippen LogP contribution is -2.46. The molecule has 1 aliphatic heterocycles. The minimum atomic E-state index is -1.37. The SMILES string of the molecule is CCc1ccc(C(C)NC(=O)CN2C(=O)NC(c3ccccc3)(c3ccccc3)C2=O)cc1. The lowest BCUT2D eigenvalue weighted by Gasteiger charge is -2.28. The van der Waals surface area contributed by atoms with E-state index in [2.05, 4.69) is 17.6 Å². The molecule has 1 fully saturated rings. The Morgan fingerprint density at radius 3 is 1.97 bits per heavy atom. The Labute approximate surface area is 193 Å². The molecule has 6 nitrogen and oxygen atoms in total. The molecule has 33 heavy (non-hydrogen) atoms. The van der Waals surface area contributed by atoms with Crippen molar-refractivity contribution in [2.75, 3.05) is 6.54 Å². The van der Waals surface area contributed by atoms with Crippen LogP contribution in [0.1, 0.15) is 42.1 Å². The predicted octanol–water partition coefficient (Wildman–Crippen LogP) is 3.92. The Kier molecular flexibility index (Phi) is 6.27. The van der Waals surface area contributed by atoms with E-state index in [1.165, 1.54) is 5.56 Å². The number of hydrogen-bond acceptors (Lipinski definition) is 3. The summed E-state index contributed by atoms with van der Waals surface area (Å²) >= 11 is 0. The summed E-state index contributed by atoms with van der Waals surface area (Å²) < 4.78 is 0. The van der Waals surface area contributed by atoms with Crippen LogP contribution in [0.3, 0.4) is 0 Å². The fraction of sp³-hybridized carbons (Fsp3) is 0.222. The second kappa shape index (κ2) is 9.28. The van der Waals surface area contributed by atoms with Gasteiger partial charge in [0.15, 0.2) is 5.54 Å². The fourth-order valence-electron chi connectivity index (χ4n) is 4.21. The van der Waals surface area contributed by atoms with Crippen LogP contribution in [0.4, 0.5) is 4.79 Å². The minimum absolute atomic E-state index is 0.253. The average molecular weight is 442 g/mol. The van der Waals surface area contributed by atoms with Gasteiger partial charge in [-0.05, 0) is 35.6 Å². The molecular weight excluding hydrogens is 414 g/mol. The van der Waals surface area contributed by atoms with Crippen molar-refractivity contribution in [3.63, 3.8) is 0 Å². The number of imide groups is 1. The van der Waals surface area contributed by atoms with E-state index in [4.69, 9.17) is 0 Å². The normalized spacial score (nSPS) is 15.8. The zero-order valence-electron chi connectivity index (χ0n) is 18.7. The minimum Gasteiger partial charge on any atom is -0.348 e. The third-order valence-electron chi connectivity index (χ3n) is 6.09. The molecule has 0 aliphatic carbocycles. The number of carbonyl (C=O) groups is 3. The van der Waals surface area contributed by atoms with Crippen LogP contribution in [0, 0.1) is 0 Å². The number of carbonyl (C=O) groups excluding carboxylic acids is 3. The Morgan fingerprint density at radius 2 is 1.45 bits per heavy atom. The first-order valence-corrected chi connectivity index (χ1v) is 11.1. The molecule has 0 aromatic heterocycles. The van der Waals surface area contributed by atoms with Gasteiger partial charge < -0.3 is 10.6 Å². The van der Waals surface area contributed by atoms with Crippen LogP contribution in [0.15, 0.2) is 84.9 Å². The van der Waals surface area contributed by atoms with Crippen LogP contribution >= 0.6 is 0 Å². The highest BCUT2D eigenvalue weighted by Gasteiger charge is 2.54. The summed E-state index contributed by atoms with van der Waals surface area (Å²) in [5.74, 6) is -0.873. The Bertz CT molecular complexity index is 1100. The fourth-order valence-corrected chi connectivity index (χ4v) is 4.21. The number of urea groups is 1. The number of rotatable bonds is 7. The maximum Gasteiger partial charge on any atom is 0.326 e. The van der Waals surface area contributed by atoms with Gasteiger partial charge in [0, 0.05) is 0 Å². The topological polar surface area (TPSA) is 78.5 Å². The summed E-state index contributed by atoms with van der Waals surface area (Å²) in [5, 5.41) is 5.76. The molecule has 168 valence electrons. The summed E-state index contributed by atoms with van der Waals surface area (Å²) in [7, 11) is 0. The second-order valence-electron chi connectivity index (χ2n) is 8.19. The molecule has 4 rings (SSSR count). The van der Waals surface area contributed by atoms with E-state index in [1.807, 2.05) is 67.6 Å². The van der Waals surface area contributed by atoms with Crippen molar-refractivity contribution in [1.29, 1.82) is 0 Å². The molecule has 2 N–H and O–H groups in total. The van der Waals surface area contributed by atoms with Crippen molar-refractivity contribution in [1.82, 2.24) is 15.5 Å². The first kappa shape index (κ1) is 22.3. The number of nitrogens with zero attached hydrogens (tertiary/aromatic N) is 1. The van der Waals surface area contributed by atoms with Gasteiger partial charge in [-0.15, -0.1) is 0 Å². The number of benzene rings is 3. The quantitative estimate of drug-likeness (QED) is 0.546. The Hall–Kier alpha value is -3.93. The molecule has 1 unspecified atom stereocenters. The molecule has 6 heteroatoms. The van der Waals surface area contributed by atoms with Crippen molar-refractivity contribution in [3.05, 3.63) is 107 Å². The number of aryl methyl sites for hydroxylation is 1. The van der Waals surface area contributed by atoms with Crippen LogP contribution in [0.5, 0.6) is 0 Å². The lowest BCUT2D eigenvalue weighted by molar-refractivity contribution is -0.134. The predicted molar refractivity (Wildman–Crippen MR) is 126 cm³/mol. The van der Waals surface area contributed by atoms with Gasteiger partial charge >= 0.3 is 6.03 Å². The molecular formula is C27H27N3O3. The highest BCUT2D eigenvalue weighted by molar-refractivity contribution is 6.11. The largest absolute Gasteiger partial charge is 0.348 e. The third-order valence-corrected chi connectivity index (χ3v) is 6.09. The van der Waals surface area contributed by atoms with Gasteiger partial charge in [0.2, 0.25) is 5.91 Å². The van der Waals surface area contributed by atoms with Crippen LogP contribution in [0.2, 0.25) is 0 Å². The van der Waals surface area contributed by atoms with Crippen LogP contribution in [-0.4, -0.2) is 29.3 Å². The van der Waals surface area contributed by atoms with E-state index >= 15 is 0 Å². The average Bonchev–Trinajstić information content (AvgIpc) is 3.10. The molecule has 0 bridgehead atoms. The number of nitrogens with one attached hydrogen (secondary N) is 2. The summed E-state index contributed by atoms with van der Waals surface area (Å²) in [5.41, 5.74) is 2.08. The van der Waals surface area contributed by atoms with Gasteiger partial charge in [0.25, 0.3) is 5.91 Å². The van der Waals surface area contributed by atoms with E-state index in [0.29, 0.717) is 11.1 Å². The van der Waals surface area contributed by atoms with Crippen molar-refractivity contribution in [3.8, 4) is 0 Å². The summed E-state index contributed by atoms with van der Waals surface area (Å²) in [4.78, 5) is 40.4. The van der Waals surface area contributed by atoms with Crippen molar-refractivity contribution < 1.29 is 14.4 Å². The monoisotopic (exact) mass is 441 g/mol. The van der Waals surface area contributed by atoms with E-state index in [9.17, 15) is 14.4 Å². The maximum absolute atomic E-state index is 13.7. The van der Waals surface area contributed by atoms with Crippen LogP contribution < -0.4 is 10.6 Å². The van der Waals surface area contributed by atoms with Gasteiger partial charge in [-0.25, -0.2) is 4.79 Å². The van der Waals surface area contributed by atoms with Crippen LogP contribution in [-0.2, 0) is 21.5 Å². The van der Waals surface area contributed by atoms with Crippen molar-refractivity contribution in [2.24, 2.45) is 0 Å². The summed E-state index contributed by atoms with van der Waals surface area (Å²) in [6.07, 6.45) is 0.942. The van der Waals surface area contributed by atoms with E-state index in [0.717, 1.165) is 16.9 Å².